The van der Waals surface area contributed by atoms with Crippen LogP contribution in [0, 0.1) is 0 Å². The van der Waals surface area contributed by atoms with Crippen molar-refractivity contribution < 1.29 is 9.53 Å². The number of amides is 1. The fourth-order valence-electron chi connectivity index (χ4n) is 1.87. The van der Waals surface area contributed by atoms with Gasteiger partial charge in [0.2, 0.25) is 5.91 Å². The van der Waals surface area contributed by atoms with Gasteiger partial charge in [0.15, 0.2) is 0 Å². The van der Waals surface area contributed by atoms with Crippen molar-refractivity contribution in [2.75, 3.05) is 33.9 Å². The van der Waals surface area contributed by atoms with E-state index in [0.717, 1.165) is 39.0 Å². The highest BCUT2D eigenvalue weighted by atomic mass is 16.5. The SMILES string of the molecule is CNCCCC(=O)N(C)C1CCOCC1. The number of hydrogen-bond acceptors (Lipinski definition) is 3. The highest BCUT2D eigenvalue weighted by Crippen LogP contribution is 2.13. The van der Waals surface area contributed by atoms with Crippen molar-refractivity contribution >= 4 is 5.91 Å². The lowest BCUT2D eigenvalue weighted by Gasteiger charge is -2.31. The van der Waals surface area contributed by atoms with Crippen LogP contribution < -0.4 is 5.32 Å². The summed E-state index contributed by atoms with van der Waals surface area (Å²) in [6, 6.07) is 0.390. The average molecular weight is 214 g/mol. The lowest BCUT2D eigenvalue weighted by molar-refractivity contribution is -0.133. The maximum atomic E-state index is 11.8. The lowest BCUT2D eigenvalue weighted by atomic mass is 10.1. The normalized spacial score (nSPS) is 17.7. The topological polar surface area (TPSA) is 41.6 Å². The van der Waals surface area contributed by atoms with Crippen molar-refractivity contribution in [3.8, 4) is 0 Å². The molecule has 4 heteroatoms. The van der Waals surface area contributed by atoms with Crippen molar-refractivity contribution in [1.82, 2.24) is 10.2 Å². The van der Waals surface area contributed by atoms with Gasteiger partial charge in [0.05, 0.1) is 0 Å². The molecule has 0 aromatic rings. The summed E-state index contributed by atoms with van der Waals surface area (Å²) >= 11 is 0. The van der Waals surface area contributed by atoms with E-state index in [1.54, 1.807) is 0 Å². The highest BCUT2D eigenvalue weighted by Gasteiger charge is 2.21. The van der Waals surface area contributed by atoms with Gasteiger partial charge in [-0.15, -0.1) is 0 Å². The van der Waals surface area contributed by atoms with Crippen molar-refractivity contribution in [2.24, 2.45) is 0 Å². The van der Waals surface area contributed by atoms with E-state index in [1.165, 1.54) is 0 Å². The van der Waals surface area contributed by atoms with Gasteiger partial charge in [-0.1, -0.05) is 0 Å². The van der Waals surface area contributed by atoms with Crippen LogP contribution in [0.15, 0.2) is 0 Å². The van der Waals surface area contributed by atoms with Crippen LogP contribution in [0.2, 0.25) is 0 Å². The third kappa shape index (κ3) is 4.18. The predicted molar refractivity (Wildman–Crippen MR) is 59.8 cm³/mol. The first-order valence-corrected chi connectivity index (χ1v) is 5.73. The zero-order valence-corrected chi connectivity index (χ0v) is 9.79. The van der Waals surface area contributed by atoms with Crippen LogP contribution >= 0.6 is 0 Å². The largest absolute Gasteiger partial charge is 0.381 e. The highest BCUT2D eigenvalue weighted by molar-refractivity contribution is 5.76. The van der Waals surface area contributed by atoms with Gasteiger partial charge >= 0.3 is 0 Å². The van der Waals surface area contributed by atoms with Crippen LogP contribution in [0.1, 0.15) is 25.7 Å². The number of carbonyl (C=O) groups is 1. The van der Waals surface area contributed by atoms with E-state index >= 15 is 0 Å². The van der Waals surface area contributed by atoms with Crippen LogP contribution in [0.25, 0.3) is 0 Å². The minimum atomic E-state index is 0.261. The van der Waals surface area contributed by atoms with Crippen LogP contribution in [0.4, 0.5) is 0 Å². The summed E-state index contributed by atoms with van der Waals surface area (Å²) in [6.07, 6.45) is 3.53. The summed E-state index contributed by atoms with van der Waals surface area (Å²) in [4.78, 5) is 13.7. The molecule has 0 bridgehead atoms. The maximum Gasteiger partial charge on any atom is 0.222 e. The molecule has 1 heterocycles. The number of carbonyl (C=O) groups excluding carboxylic acids is 1. The van der Waals surface area contributed by atoms with Gasteiger partial charge in [0.1, 0.15) is 0 Å². The Morgan fingerprint density at radius 1 is 1.47 bits per heavy atom. The molecular formula is C11H22N2O2. The Morgan fingerprint density at radius 3 is 2.73 bits per heavy atom. The summed E-state index contributed by atoms with van der Waals surface area (Å²) in [5, 5.41) is 3.05. The molecule has 1 N–H and O–H groups in total. The van der Waals surface area contributed by atoms with Crippen LogP contribution in [0.3, 0.4) is 0 Å². The Hall–Kier alpha value is -0.610. The molecule has 15 heavy (non-hydrogen) atoms. The van der Waals surface area contributed by atoms with Crippen molar-refractivity contribution in [2.45, 2.75) is 31.7 Å². The van der Waals surface area contributed by atoms with Gasteiger partial charge in [-0.2, -0.15) is 0 Å². The molecule has 0 aromatic heterocycles. The Labute approximate surface area is 92.0 Å². The summed E-state index contributed by atoms with van der Waals surface area (Å²) in [7, 11) is 3.82. The molecule has 1 aliphatic heterocycles. The first-order chi connectivity index (χ1) is 7.25. The van der Waals surface area contributed by atoms with E-state index < -0.39 is 0 Å². The Morgan fingerprint density at radius 2 is 2.13 bits per heavy atom. The van der Waals surface area contributed by atoms with Gasteiger partial charge < -0.3 is 15.0 Å². The van der Waals surface area contributed by atoms with E-state index in [4.69, 9.17) is 4.74 Å². The molecule has 0 radical (unpaired) electrons. The average Bonchev–Trinajstić information content (AvgIpc) is 2.29. The molecule has 1 fully saturated rings. The molecular weight excluding hydrogens is 192 g/mol. The van der Waals surface area contributed by atoms with E-state index in [-0.39, 0.29) is 5.91 Å². The monoisotopic (exact) mass is 214 g/mol. The lowest BCUT2D eigenvalue weighted by Crippen LogP contribution is -2.40. The molecule has 1 aliphatic rings. The first-order valence-electron chi connectivity index (χ1n) is 5.73. The summed E-state index contributed by atoms with van der Waals surface area (Å²) < 4.78 is 5.28. The number of hydrogen-bond donors (Lipinski definition) is 1. The summed E-state index contributed by atoms with van der Waals surface area (Å²) in [5.41, 5.74) is 0. The summed E-state index contributed by atoms with van der Waals surface area (Å²) in [5.74, 6) is 0.261. The van der Waals surface area contributed by atoms with E-state index in [0.29, 0.717) is 12.5 Å². The fourth-order valence-corrected chi connectivity index (χ4v) is 1.87. The minimum Gasteiger partial charge on any atom is -0.381 e. The quantitative estimate of drug-likeness (QED) is 0.682. The smallest absolute Gasteiger partial charge is 0.222 e. The standard InChI is InChI=1S/C11H22N2O2/c1-12-7-3-4-11(14)13(2)10-5-8-15-9-6-10/h10,12H,3-9H2,1-2H3. The Kier molecular flexibility index (Phi) is 5.65. The third-order valence-electron chi connectivity index (χ3n) is 2.95. The molecule has 0 aliphatic carbocycles. The van der Waals surface area contributed by atoms with Gasteiger partial charge in [-0.25, -0.2) is 0 Å². The van der Waals surface area contributed by atoms with Crippen LogP contribution in [0.5, 0.6) is 0 Å². The molecule has 4 nitrogen and oxygen atoms in total. The van der Waals surface area contributed by atoms with Gasteiger partial charge in [0, 0.05) is 32.7 Å². The second-order valence-electron chi connectivity index (χ2n) is 4.06. The van der Waals surface area contributed by atoms with Crippen LogP contribution in [-0.4, -0.2) is 50.7 Å². The van der Waals surface area contributed by atoms with E-state index in [9.17, 15) is 4.79 Å². The molecule has 0 atom stereocenters. The Bertz CT molecular complexity index is 191. The van der Waals surface area contributed by atoms with Crippen LogP contribution in [-0.2, 0) is 9.53 Å². The molecule has 0 aromatic carbocycles. The molecule has 88 valence electrons. The molecule has 1 saturated heterocycles. The summed E-state index contributed by atoms with van der Waals surface area (Å²) in [6.45, 7) is 2.49. The van der Waals surface area contributed by atoms with Gasteiger partial charge in [-0.3, -0.25) is 4.79 Å². The van der Waals surface area contributed by atoms with Gasteiger partial charge in [0.25, 0.3) is 0 Å². The van der Waals surface area contributed by atoms with Crippen molar-refractivity contribution in [1.29, 1.82) is 0 Å². The van der Waals surface area contributed by atoms with E-state index in [2.05, 4.69) is 5.32 Å². The molecule has 0 spiro atoms. The van der Waals surface area contributed by atoms with Crippen molar-refractivity contribution in [3.05, 3.63) is 0 Å². The first kappa shape index (κ1) is 12.5. The molecule has 0 unspecified atom stereocenters. The number of nitrogens with zero attached hydrogens (tertiary/aromatic N) is 1. The second kappa shape index (κ2) is 6.80. The molecule has 1 rings (SSSR count). The maximum absolute atomic E-state index is 11.8. The number of rotatable bonds is 5. The molecule has 0 saturated carbocycles. The zero-order chi connectivity index (χ0) is 11.1. The Balaban J connectivity index is 2.24. The minimum absolute atomic E-state index is 0.261. The number of nitrogens with one attached hydrogen (secondary N) is 1. The predicted octanol–water partition coefficient (Wildman–Crippen LogP) is 0.623. The third-order valence-corrected chi connectivity index (χ3v) is 2.95. The van der Waals surface area contributed by atoms with Gasteiger partial charge in [-0.05, 0) is 32.9 Å². The zero-order valence-electron chi connectivity index (χ0n) is 9.79. The van der Waals surface area contributed by atoms with E-state index in [1.807, 2.05) is 19.0 Å². The second-order valence-corrected chi connectivity index (χ2v) is 4.06. The molecule has 1 amide bonds. The van der Waals surface area contributed by atoms with Crippen molar-refractivity contribution in [3.63, 3.8) is 0 Å². The number of ether oxygens (including phenoxy) is 1. The fraction of sp³-hybridized carbons (Fsp3) is 0.909.